The van der Waals surface area contributed by atoms with Crippen LogP contribution in [0.4, 0.5) is 0 Å². The van der Waals surface area contributed by atoms with Gasteiger partial charge in [-0.2, -0.15) is 0 Å². The molecule has 1 amide bonds. The van der Waals surface area contributed by atoms with Gasteiger partial charge in [0.1, 0.15) is 5.78 Å². The molecule has 0 radical (unpaired) electrons. The highest BCUT2D eigenvalue weighted by atomic mass is 16.2. The van der Waals surface area contributed by atoms with Gasteiger partial charge in [0.15, 0.2) is 0 Å². The molecule has 1 saturated heterocycles. The highest BCUT2D eigenvalue weighted by Gasteiger charge is 2.60. The summed E-state index contributed by atoms with van der Waals surface area (Å²) in [6, 6.07) is 10.5. The minimum Gasteiger partial charge on any atom is -0.340 e. The summed E-state index contributed by atoms with van der Waals surface area (Å²) in [7, 11) is 0. The van der Waals surface area contributed by atoms with Gasteiger partial charge in [-0.25, -0.2) is 0 Å². The topological polar surface area (TPSA) is 40.6 Å². The van der Waals surface area contributed by atoms with Crippen molar-refractivity contribution < 1.29 is 9.59 Å². The molecule has 0 spiro atoms. The SMILES string of the molecule is O=C(CCC(=O)C12CC3CC(CC1C3)C2)N1CCN(Cc2ccccc2)CC1. The van der Waals surface area contributed by atoms with Crippen molar-refractivity contribution in [2.45, 2.75) is 51.5 Å². The van der Waals surface area contributed by atoms with Gasteiger partial charge >= 0.3 is 0 Å². The normalized spacial score (nSPS) is 34.1. The Hall–Kier alpha value is -1.68. The van der Waals surface area contributed by atoms with Crippen LogP contribution >= 0.6 is 0 Å². The number of carbonyl (C=O) groups excluding carboxylic acids is 2. The minimum absolute atomic E-state index is 0.0256. The average Bonchev–Trinajstić information content (AvgIpc) is 3.12. The summed E-state index contributed by atoms with van der Waals surface area (Å²) in [6.45, 7) is 4.37. The van der Waals surface area contributed by atoms with Crippen LogP contribution in [-0.4, -0.2) is 47.7 Å². The lowest BCUT2D eigenvalue weighted by Gasteiger charge is -2.35. The summed E-state index contributed by atoms with van der Waals surface area (Å²) in [5.74, 6) is 2.84. The van der Waals surface area contributed by atoms with Crippen LogP contribution in [0.2, 0.25) is 0 Å². The second-order valence-corrected chi connectivity index (χ2v) is 9.77. The van der Waals surface area contributed by atoms with E-state index in [9.17, 15) is 9.59 Å². The molecule has 2 unspecified atom stereocenters. The number of piperazine rings is 1. The zero-order valence-electron chi connectivity index (χ0n) is 16.8. The summed E-state index contributed by atoms with van der Waals surface area (Å²) >= 11 is 0. The summed E-state index contributed by atoms with van der Waals surface area (Å²) in [5, 5.41) is 0. The molecule has 4 aliphatic carbocycles. The molecule has 4 saturated carbocycles. The van der Waals surface area contributed by atoms with Crippen molar-refractivity contribution in [2.75, 3.05) is 26.2 Å². The molecule has 4 nitrogen and oxygen atoms in total. The quantitative estimate of drug-likeness (QED) is 0.758. The highest BCUT2D eigenvalue weighted by molar-refractivity contribution is 5.90. The van der Waals surface area contributed by atoms with E-state index in [1.54, 1.807) is 0 Å². The number of hydrogen-bond donors (Lipinski definition) is 0. The Kier molecular flexibility index (Phi) is 4.78. The van der Waals surface area contributed by atoms with Crippen LogP contribution in [0, 0.1) is 23.2 Å². The smallest absolute Gasteiger partial charge is 0.223 e. The van der Waals surface area contributed by atoms with Gasteiger partial charge in [0.05, 0.1) is 0 Å². The molecule has 4 heteroatoms. The molecule has 5 aliphatic rings. The largest absolute Gasteiger partial charge is 0.340 e. The minimum atomic E-state index is -0.0256. The number of benzene rings is 1. The van der Waals surface area contributed by atoms with E-state index < -0.39 is 0 Å². The fraction of sp³-hybridized carbons (Fsp3) is 0.667. The predicted molar refractivity (Wildman–Crippen MR) is 109 cm³/mol. The van der Waals surface area contributed by atoms with Crippen LogP contribution < -0.4 is 0 Å². The molecule has 1 aliphatic heterocycles. The average molecular weight is 381 g/mol. The standard InChI is InChI=1S/C24H32N2O2/c27-22(24-15-19-12-20(16-24)14-21(24)13-19)6-7-23(28)26-10-8-25(9-11-26)17-18-4-2-1-3-5-18/h1-5,19-21H,6-17H2. The van der Waals surface area contributed by atoms with Crippen molar-refractivity contribution in [3.05, 3.63) is 35.9 Å². The zero-order valence-corrected chi connectivity index (χ0v) is 16.8. The lowest BCUT2D eigenvalue weighted by molar-refractivity contribution is -0.137. The van der Waals surface area contributed by atoms with E-state index in [4.69, 9.17) is 0 Å². The lowest BCUT2D eigenvalue weighted by atomic mass is 9.71. The van der Waals surface area contributed by atoms with Crippen molar-refractivity contribution in [3.8, 4) is 0 Å². The van der Waals surface area contributed by atoms with Gasteiger partial charge < -0.3 is 4.90 Å². The number of hydrogen-bond acceptors (Lipinski definition) is 3. The van der Waals surface area contributed by atoms with Gasteiger partial charge in [-0.15, -0.1) is 0 Å². The molecule has 5 fully saturated rings. The third-order valence-corrected chi connectivity index (χ3v) is 8.08. The zero-order chi connectivity index (χ0) is 19.1. The van der Waals surface area contributed by atoms with Gasteiger partial charge in [0.25, 0.3) is 0 Å². The van der Waals surface area contributed by atoms with Crippen molar-refractivity contribution in [3.63, 3.8) is 0 Å². The Morgan fingerprint density at radius 1 is 0.893 bits per heavy atom. The predicted octanol–water partition coefficient (Wildman–Crippen LogP) is 3.51. The Morgan fingerprint density at radius 3 is 2.25 bits per heavy atom. The lowest BCUT2D eigenvalue weighted by Crippen LogP contribution is -2.48. The van der Waals surface area contributed by atoms with Crippen LogP contribution in [0.15, 0.2) is 30.3 Å². The molecule has 1 heterocycles. The molecule has 28 heavy (non-hydrogen) atoms. The number of rotatable bonds is 6. The Morgan fingerprint density at radius 2 is 1.57 bits per heavy atom. The number of ketones is 1. The molecule has 1 aromatic carbocycles. The van der Waals surface area contributed by atoms with E-state index >= 15 is 0 Å². The Balaban J connectivity index is 1.09. The van der Waals surface area contributed by atoms with E-state index in [1.807, 2.05) is 11.0 Å². The summed E-state index contributed by atoms with van der Waals surface area (Å²) in [5.41, 5.74) is 1.30. The summed E-state index contributed by atoms with van der Waals surface area (Å²) in [6.07, 6.45) is 7.05. The molecule has 0 aromatic heterocycles. The first-order chi connectivity index (χ1) is 13.6. The Labute approximate surface area is 168 Å². The first kappa shape index (κ1) is 18.4. The molecule has 2 atom stereocenters. The van der Waals surface area contributed by atoms with Crippen LogP contribution in [0.25, 0.3) is 0 Å². The second-order valence-electron chi connectivity index (χ2n) is 9.77. The van der Waals surface area contributed by atoms with Crippen LogP contribution in [-0.2, 0) is 16.1 Å². The van der Waals surface area contributed by atoms with E-state index in [1.165, 1.54) is 24.8 Å². The van der Waals surface area contributed by atoms with Gasteiger partial charge in [0, 0.05) is 51.0 Å². The van der Waals surface area contributed by atoms with Gasteiger partial charge in [-0.3, -0.25) is 14.5 Å². The summed E-state index contributed by atoms with van der Waals surface area (Å²) in [4.78, 5) is 30.2. The maximum absolute atomic E-state index is 13.1. The maximum atomic E-state index is 13.1. The molecule has 6 rings (SSSR count). The molecule has 0 N–H and O–H groups in total. The van der Waals surface area contributed by atoms with E-state index in [0.29, 0.717) is 24.5 Å². The highest BCUT2D eigenvalue weighted by Crippen LogP contribution is 2.66. The number of carbonyl (C=O) groups is 2. The molecular formula is C24H32N2O2. The molecular weight excluding hydrogens is 348 g/mol. The molecule has 4 bridgehead atoms. The van der Waals surface area contributed by atoms with Crippen molar-refractivity contribution in [1.29, 1.82) is 0 Å². The molecule has 1 aromatic rings. The first-order valence-electron chi connectivity index (χ1n) is 11.2. The van der Waals surface area contributed by atoms with Crippen LogP contribution in [0.3, 0.4) is 0 Å². The Bertz CT molecular complexity index is 724. The number of nitrogens with zero attached hydrogens (tertiary/aromatic N) is 2. The first-order valence-corrected chi connectivity index (χ1v) is 11.2. The van der Waals surface area contributed by atoms with Crippen molar-refractivity contribution in [1.82, 2.24) is 9.80 Å². The second kappa shape index (κ2) is 7.29. The third-order valence-electron chi connectivity index (χ3n) is 8.08. The van der Waals surface area contributed by atoms with E-state index in [-0.39, 0.29) is 11.3 Å². The number of Topliss-reactive ketones (excluding diaryl/α,β-unsaturated/α-hetero) is 1. The van der Waals surface area contributed by atoms with E-state index in [2.05, 4.69) is 29.2 Å². The van der Waals surface area contributed by atoms with Gasteiger partial charge in [-0.05, 0) is 55.4 Å². The fourth-order valence-electron chi connectivity index (χ4n) is 6.88. The molecule has 150 valence electrons. The van der Waals surface area contributed by atoms with Gasteiger partial charge in [0.2, 0.25) is 5.91 Å². The number of amides is 1. The van der Waals surface area contributed by atoms with Crippen molar-refractivity contribution >= 4 is 11.7 Å². The van der Waals surface area contributed by atoms with Crippen molar-refractivity contribution in [2.24, 2.45) is 23.2 Å². The van der Waals surface area contributed by atoms with Crippen LogP contribution in [0.1, 0.15) is 50.5 Å². The third kappa shape index (κ3) is 3.30. The fourth-order valence-corrected chi connectivity index (χ4v) is 6.88. The van der Waals surface area contributed by atoms with Gasteiger partial charge in [-0.1, -0.05) is 30.3 Å². The van der Waals surface area contributed by atoms with Crippen LogP contribution in [0.5, 0.6) is 0 Å². The van der Waals surface area contributed by atoms with E-state index in [0.717, 1.165) is 57.4 Å². The maximum Gasteiger partial charge on any atom is 0.223 e. The summed E-state index contributed by atoms with van der Waals surface area (Å²) < 4.78 is 0. The monoisotopic (exact) mass is 380 g/mol.